The average Bonchev–Trinajstić information content (AvgIpc) is 2.94. The number of aromatic nitrogens is 2. The first-order chi connectivity index (χ1) is 12.5. The molecule has 0 saturated heterocycles. The number of hydrogen-bond acceptors (Lipinski definition) is 3. The lowest BCUT2D eigenvalue weighted by atomic mass is 10.1. The van der Waals surface area contributed by atoms with Crippen molar-refractivity contribution in [3.05, 3.63) is 88.2 Å². The van der Waals surface area contributed by atoms with Crippen LogP contribution >= 0.6 is 0 Å². The molecule has 1 N–H and O–H groups in total. The number of nitrogens with one attached hydrogen (secondary N) is 1. The van der Waals surface area contributed by atoms with Crippen LogP contribution in [0.15, 0.2) is 59.7 Å². The lowest BCUT2D eigenvalue weighted by Gasteiger charge is -2.07. The molecule has 5 nitrogen and oxygen atoms in total. The predicted molar refractivity (Wildman–Crippen MR) is 103 cm³/mol. The lowest BCUT2D eigenvalue weighted by Crippen LogP contribution is -2.18. The highest BCUT2D eigenvalue weighted by atomic mass is 16.2. The van der Waals surface area contributed by atoms with Crippen LogP contribution in [0.25, 0.3) is 0 Å². The van der Waals surface area contributed by atoms with Crippen LogP contribution in [0.4, 0.5) is 0 Å². The van der Waals surface area contributed by atoms with E-state index in [0.717, 1.165) is 28.1 Å². The van der Waals surface area contributed by atoms with Gasteiger partial charge in [0.2, 0.25) is 0 Å². The highest BCUT2D eigenvalue weighted by Crippen LogP contribution is 2.10. The molecule has 0 bridgehead atoms. The molecular weight excluding hydrogens is 324 g/mol. The molecule has 1 amide bonds. The van der Waals surface area contributed by atoms with Crippen molar-refractivity contribution in [1.82, 2.24) is 15.2 Å². The number of carbonyl (C=O) groups excluding carboxylic acids is 1. The fourth-order valence-electron chi connectivity index (χ4n) is 2.78. The Kier molecular flexibility index (Phi) is 5.27. The molecule has 1 aromatic heterocycles. The quantitative estimate of drug-likeness (QED) is 0.566. The molecule has 0 atom stereocenters. The third-order valence-corrected chi connectivity index (χ3v) is 4.18. The van der Waals surface area contributed by atoms with Crippen LogP contribution in [-0.4, -0.2) is 21.9 Å². The number of aryl methyl sites for hydroxylation is 3. The van der Waals surface area contributed by atoms with Gasteiger partial charge in [-0.15, -0.1) is 0 Å². The van der Waals surface area contributed by atoms with Crippen LogP contribution in [0, 0.1) is 20.8 Å². The maximum absolute atomic E-state index is 12.3. The van der Waals surface area contributed by atoms with Gasteiger partial charge in [0.15, 0.2) is 0 Å². The van der Waals surface area contributed by atoms with Crippen LogP contribution in [-0.2, 0) is 6.54 Å². The molecule has 132 valence electrons. The summed E-state index contributed by atoms with van der Waals surface area (Å²) in [6.45, 7) is 6.63. The van der Waals surface area contributed by atoms with Crippen LogP contribution in [0.5, 0.6) is 0 Å². The summed E-state index contributed by atoms with van der Waals surface area (Å²) in [5.41, 5.74) is 8.36. The second-order valence-electron chi connectivity index (χ2n) is 6.34. The van der Waals surface area contributed by atoms with Crippen molar-refractivity contribution in [2.45, 2.75) is 27.3 Å². The van der Waals surface area contributed by atoms with Crippen LogP contribution in [0.2, 0.25) is 0 Å². The summed E-state index contributed by atoms with van der Waals surface area (Å²) in [6, 6.07) is 17.4. The van der Waals surface area contributed by atoms with Gasteiger partial charge in [0.25, 0.3) is 5.91 Å². The van der Waals surface area contributed by atoms with Crippen molar-refractivity contribution in [1.29, 1.82) is 0 Å². The van der Waals surface area contributed by atoms with Gasteiger partial charge < -0.3 is 0 Å². The monoisotopic (exact) mass is 346 g/mol. The number of hydrogen-bond donors (Lipinski definition) is 1. The fraction of sp³-hybridized carbons (Fsp3) is 0.190. The molecule has 0 aliphatic heterocycles. The Morgan fingerprint density at radius 1 is 1.12 bits per heavy atom. The van der Waals surface area contributed by atoms with E-state index in [-0.39, 0.29) is 5.91 Å². The summed E-state index contributed by atoms with van der Waals surface area (Å²) in [7, 11) is 0. The molecule has 5 heteroatoms. The molecule has 3 aromatic rings. The smallest absolute Gasteiger partial charge is 0.267 e. The van der Waals surface area contributed by atoms with E-state index < -0.39 is 0 Å². The highest BCUT2D eigenvalue weighted by Gasteiger charge is 2.07. The summed E-state index contributed by atoms with van der Waals surface area (Å²) < 4.78 is 1.93. The molecule has 2 aromatic carbocycles. The predicted octanol–water partition coefficient (Wildman–Crippen LogP) is 3.62. The van der Waals surface area contributed by atoms with Crippen molar-refractivity contribution in [3.63, 3.8) is 0 Å². The van der Waals surface area contributed by atoms with Crippen molar-refractivity contribution >= 4 is 12.1 Å². The Hall–Kier alpha value is -3.21. The Morgan fingerprint density at radius 2 is 1.92 bits per heavy atom. The normalized spacial score (nSPS) is 11.0. The molecule has 0 radical (unpaired) electrons. The van der Waals surface area contributed by atoms with Gasteiger partial charge in [0.05, 0.1) is 18.5 Å². The molecule has 0 aliphatic rings. The third-order valence-electron chi connectivity index (χ3n) is 4.18. The molecule has 0 aliphatic carbocycles. The van der Waals surface area contributed by atoms with E-state index >= 15 is 0 Å². The van der Waals surface area contributed by atoms with Gasteiger partial charge in [0, 0.05) is 11.3 Å². The minimum Gasteiger partial charge on any atom is -0.267 e. The average molecular weight is 346 g/mol. The minimum absolute atomic E-state index is 0.231. The number of hydrazone groups is 1. The number of benzene rings is 2. The zero-order valence-electron chi connectivity index (χ0n) is 15.2. The molecule has 0 saturated carbocycles. The second-order valence-corrected chi connectivity index (χ2v) is 6.34. The topological polar surface area (TPSA) is 59.3 Å². The first-order valence-electron chi connectivity index (χ1n) is 8.52. The zero-order chi connectivity index (χ0) is 18.5. The summed E-state index contributed by atoms with van der Waals surface area (Å²) in [5, 5.41) is 8.53. The van der Waals surface area contributed by atoms with E-state index in [0.29, 0.717) is 12.1 Å². The first-order valence-corrected chi connectivity index (χ1v) is 8.52. The largest absolute Gasteiger partial charge is 0.271 e. The molecule has 0 spiro atoms. The van der Waals surface area contributed by atoms with Crippen LogP contribution < -0.4 is 5.43 Å². The Bertz CT molecular complexity index is 956. The van der Waals surface area contributed by atoms with E-state index in [1.807, 2.05) is 74.0 Å². The van der Waals surface area contributed by atoms with E-state index in [9.17, 15) is 4.79 Å². The summed E-state index contributed by atoms with van der Waals surface area (Å²) in [4.78, 5) is 12.3. The van der Waals surface area contributed by atoms with Crippen LogP contribution in [0.1, 0.15) is 38.4 Å². The van der Waals surface area contributed by atoms with Gasteiger partial charge in [-0.2, -0.15) is 10.2 Å². The molecule has 0 fully saturated rings. The van der Waals surface area contributed by atoms with E-state index in [1.165, 1.54) is 0 Å². The SMILES string of the molecule is Cc1cc(C)n(Cc2cccc(C(=O)N/N=C\c3ccccc3C)c2)n1. The van der Waals surface area contributed by atoms with Crippen molar-refractivity contribution in [2.24, 2.45) is 5.10 Å². The third kappa shape index (κ3) is 4.25. The van der Waals surface area contributed by atoms with Gasteiger partial charge in [-0.25, -0.2) is 5.43 Å². The summed E-state index contributed by atoms with van der Waals surface area (Å²) in [6.07, 6.45) is 1.66. The fourth-order valence-corrected chi connectivity index (χ4v) is 2.78. The van der Waals surface area contributed by atoms with Crippen molar-refractivity contribution < 1.29 is 4.79 Å². The minimum atomic E-state index is -0.231. The molecule has 26 heavy (non-hydrogen) atoms. The van der Waals surface area contributed by atoms with Gasteiger partial charge in [-0.3, -0.25) is 9.48 Å². The van der Waals surface area contributed by atoms with Crippen LogP contribution in [0.3, 0.4) is 0 Å². The Balaban J connectivity index is 1.68. The van der Waals surface area contributed by atoms with E-state index in [2.05, 4.69) is 15.6 Å². The Morgan fingerprint density at radius 3 is 2.65 bits per heavy atom. The summed E-state index contributed by atoms with van der Waals surface area (Å²) in [5.74, 6) is -0.231. The van der Waals surface area contributed by atoms with Gasteiger partial charge >= 0.3 is 0 Å². The van der Waals surface area contributed by atoms with Crippen molar-refractivity contribution in [2.75, 3.05) is 0 Å². The maximum Gasteiger partial charge on any atom is 0.271 e. The number of amides is 1. The number of carbonyl (C=O) groups is 1. The standard InChI is InChI=1S/C21H22N4O/c1-15-7-4-5-9-20(15)13-22-23-21(26)19-10-6-8-18(12-19)14-25-17(3)11-16(2)24-25/h4-13H,14H2,1-3H3,(H,23,26)/b22-13-. The number of rotatable bonds is 5. The first kappa shape index (κ1) is 17.6. The highest BCUT2D eigenvalue weighted by molar-refractivity contribution is 5.95. The maximum atomic E-state index is 12.3. The Labute approximate surface area is 153 Å². The lowest BCUT2D eigenvalue weighted by molar-refractivity contribution is 0.0955. The molecule has 3 rings (SSSR count). The second kappa shape index (κ2) is 7.78. The molecular formula is C21H22N4O. The number of nitrogens with zero attached hydrogens (tertiary/aromatic N) is 3. The molecule has 0 unspecified atom stereocenters. The summed E-state index contributed by atoms with van der Waals surface area (Å²) >= 11 is 0. The zero-order valence-corrected chi connectivity index (χ0v) is 15.2. The van der Waals surface area contributed by atoms with E-state index in [4.69, 9.17) is 0 Å². The van der Waals surface area contributed by atoms with E-state index in [1.54, 1.807) is 12.3 Å². The van der Waals surface area contributed by atoms with Gasteiger partial charge in [-0.05, 0) is 55.7 Å². The molecule has 1 heterocycles. The van der Waals surface area contributed by atoms with Crippen molar-refractivity contribution in [3.8, 4) is 0 Å². The van der Waals surface area contributed by atoms with Gasteiger partial charge in [0.1, 0.15) is 0 Å². The van der Waals surface area contributed by atoms with Gasteiger partial charge in [-0.1, -0.05) is 36.4 Å².